The SMILES string of the molecule is CCCn1ncnc1CC(=O)c1c(F)cc(Br)cc1F. The molecule has 0 aliphatic rings. The minimum Gasteiger partial charge on any atom is -0.293 e. The maximum atomic E-state index is 13.7. The summed E-state index contributed by atoms with van der Waals surface area (Å²) in [6.07, 6.45) is 1.97. The maximum absolute atomic E-state index is 13.7. The van der Waals surface area contributed by atoms with Crippen LogP contribution in [-0.4, -0.2) is 20.5 Å². The topological polar surface area (TPSA) is 47.8 Å². The number of rotatable bonds is 5. The van der Waals surface area contributed by atoms with E-state index < -0.39 is 23.0 Å². The molecular formula is C13H12BrF2N3O. The van der Waals surface area contributed by atoms with Crippen LogP contribution in [-0.2, 0) is 13.0 Å². The molecule has 0 aliphatic carbocycles. The molecule has 4 nitrogen and oxygen atoms in total. The lowest BCUT2D eigenvalue weighted by molar-refractivity contribution is 0.0981. The number of Topliss-reactive ketones (excluding diaryl/α,β-unsaturated/α-hetero) is 1. The Morgan fingerprint density at radius 2 is 2.00 bits per heavy atom. The highest BCUT2D eigenvalue weighted by molar-refractivity contribution is 9.10. The fourth-order valence-corrected chi connectivity index (χ4v) is 2.27. The van der Waals surface area contributed by atoms with Gasteiger partial charge in [-0.2, -0.15) is 5.10 Å². The summed E-state index contributed by atoms with van der Waals surface area (Å²) < 4.78 is 29.2. The third kappa shape index (κ3) is 3.09. The first-order valence-electron chi connectivity index (χ1n) is 6.07. The van der Waals surface area contributed by atoms with E-state index in [0.29, 0.717) is 12.4 Å². The van der Waals surface area contributed by atoms with Gasteiger partial charge in [0.15, 0.2) is 5.78 Å². The van der Waals surface area contributed by atoms with Crippen LogP contribution < -0.4 is 0 Å². The van der Waals surface area contributed by atoms with Gasteiger partial charge in [-0.05, 0) is 18.6 Å². The van der Waals surface area contributed by atoms with Gasteiger partial charge in [-0.25, -0.2) is 18.4 Å². The summed E-state index contributed by atoms with van der Waals surface area (Å²) in [6.45, 7) is 2.56. The van der Waals surface area contributed by atoms with Crippen molar-refractivity contribution in [3.8, 4) is 0 Å². The number of aryl methyl sites for hydroxylation is 1. The summed E-state index contributed by atoms with van der Waals surface area (Å²) in [6, 6.07) is 2.13. The molecular weight excluding hydrogens is 332 g/mol. The van der Waals surface area contributed by atoms with Crippen molar-refractivity contribution in [2.45, 2.75) is 26.3 Å². The minimum atomic E-state index is -0.886. The molecule has 2 rings (SSSR count). The summed E-state index contributed by atoms with van der Waals surface area (Å²) in [5.41, 5.74) is -0.542. The quantitative estimate of drug-likeness (QED) is 0.783. The molecule has 2 aromatic rings. The molecule has 1 heterocycles. The molecule has 0 saturated heterocycles. The van der Waals surface area contributed by atoms with Crippen molar-refractivity contribution >= 4 is 21.7 Å². The summed E-state index contributed by atoms with van der Waals surface area (Å²) >= 11 is 2.97. The number of ketones is 1. The Balaban J connectivity index is 2.26. The number of nitrogens with zero attached hydrogens (tertiary/aromatic N) is 3. The standard InChI is InChI=1S/C13H12BrF2N3O/c1-2-3-19-12(17-7-18-19)6-11(20)13-9(15)4-8(14)5-10(13)16/h4-5,7H,2-3,6H2,1H3. The zero-order chi connectivity index (χ0) is 14.7. The number of carbonyl (C=O) groups excluding carboxylic acids is 1. The van der Waals surface area contributed by atoms with E-state index in [4.69, 9.17) is 0 Å². The van der Waals surface area contributed by atoms with E-state index in [1.54, 1.807) is 4.68 Å². The highest BCUT2D eigenvalue weighted by Crippen LogP contribution is 2.20. The van der Waals surface area contributed by atoms with Crippen molar-refractivity contribution < 1.29 is 13.6 Å². The van der Waals surface area contributed by atoms with Crippen LogP contribution in [0, 0.1) is 11.6 Å². The number of aromatic nitrogens is 3. The van der Waals surface area contributed by atoms with E-state index in [1.165, 1.54) is 6.33 Å². The molecule has 0 N–H and O–H groups in total. The molecule has 0 bridgehead atoms. The highest BCUT2D eigenvalue weighted by atomic mass is 79.9. The second-order valence-electron chi connectivity index (χ2n) is 4.24. The molecule has 0 fully saturated rings. The number of hydrogen-bond donors (Lipinski definition) is 0. The first-order chi connectivity index (χ1) is 9.52. The van der Waals surface area contributed by atoms with E-state index >= 15 is 0 Å². The van der Waals surface area contributed by atoms with Crippen molar-refractivity contribution in [2.24, 2.45) is 0 Å². The normalized spacial score (nSPS) is 10.8. The second-order valence-corrected chi connectivity index (χ2v) is 5.16. The Morgan fingerprint density at radius 3 is 2.60 bits per heavy atom. The lowest BCUT2D eigenvalue weighted by Crippen LogP contribution is -2.14. The molecule has 20 heavy (non-hydrogen) atoms. The van der Waals surface area contributed by atoms with Gasteiger partial charge in [-0.15, -0.1) is 0 Å². The number of carbonyl (C=O) groups is 1. The van der Waals surface area contributed by atoms with Gasteiger partial charge in [0.1, 0.15) is 23.8 Å². The van der Waals surface area contributed by atoms with E-state index in [1.807, 2.05) is 6.92 Å². The van der Waals surface area contributed by atoms with Gasteiger partial charge >= 0.3 is 0 Å². The van der Waals surface area contributed by atoms with E-state index in [0.717, 1.165) is 18.6 Å². The Kier molecular flexibility index (Phi) is 4.59. The van der Waals surface area contributed by atoms with Gasteiger partial charge < -0.3 is 0 Å². The first-order valence-corrected chi connectivity index (χ1v) is 6.86. The molecule has 0 amide bonds. The van der Waals surface area contributed by atoms with Crippen LogP contribution in [0.1, 0.15) is 29.5 Å². The van der Waals surface area contributed by atoms with Crippen molar-refractivity contribution in [1.29, 1.82) is 0 Å². The Morgan fingerprint density at radius 1 is 1.35 bits per heavy atom. The average Bonchev–Trinajstić information content (AvgIpc) is 2.75. The Labute approximate surface area is 123 Å². The molecule has 0 atom stereocenters. The Bertz CT molecular complexity index is 619. The summed E-state index contributed by atoms with van der Waals surface area (Å²) in [5, 5.41) is 3.97. The number of benzene rings is 1. The van der Waals surface area contributed by atoms with Gasteiger partial charge in [-0.3, -0.25) is 4.79 Å². The van der Waals surface area contributed by atoms with Crippen molar-refractivity contribution in [2.75, 3.05) is 0 Å². The van der Waals surface area contributed by atoms with Crippen LogP contribution in [0.5, 0.6) is 0 Å². The van der Waals surface area contributed by atoms with Crippen molar-refractivity contribution in [1.82, 2.24) is 14.8 Å². The lowest BCUT2D eigenvalue weighted by atomic mass is 10.1. The number of hydrogen-bond acceptors (Lipinski definition) is 3. The van der Waals surface area contributed by atoms with Gasteiger partial charge in [0.25, 0.3) is 0 Å². The fraction of sp³-hybridized carbons (Fsp3) is 0.308. The predicted octanol–water partition coefficient (Wildman–Crippen LogP) is 3.15. The van der Waals surface area contributed by atoms with Gasteiger partial charge in [0, 0.05) is 11.0 Å². The molecule has 1 aromatic heterocycles. The molecule has 0 aliphatic heterocycles. The van der Waals surface area contributed by atoms with Crippen LogP contribution in [0.4, 0.5) is 8.78 Å². The van der Waals surface area contributed by atoms with Gasteiger partial charge in [-0.1, -0.05) is 22.9 Å². The summed E-state index contributed by atoms with van der Waals surface area (Å²) in [5.74, 6) is -2.02. The predicted molar refractivity (Wildman–Crippen MR) is 72.4 cm³/mol. The number of halogens is 3. The third-order valence-electron chi connectivity index (χ3n) is 2.74. The molecule has 7 heteroatoms. The van der Waals surface area contributed by atoms with Crippen LogP contribution in [0.3, 0.4) is 0 Å². The molecule has 0 spiro atoms. The second kappa shape index (κ2) is 6.21. The van der Waals surface area contributed by atoms with Crippen LogP contribution in [0.2, 0.25) is 0 Å². The molecule has 1 aromatic carbocycles. The van der Waals surface area contributed by atoms with Crippen molar-refractivity contribution in [3.05, 3.63) is 46.0 Å². The van der Waals surface area contributed by atoms with Crippen molar-refractivity contribution in [3.63, 3.8) is 0 Å². The molecule has 106 valence electrons. The lowest BCUT2D eigenvalue weighted by Gasteiger charge is -2.06. The first kappa shape index (κ1) is 14.8. The molecule has 0 saturated carbocycles. The summed E-state index contributed by atoms with van der Waals surface area (Å²) in [4.78, 5) is 16.0. The highest BCUT2D eigenvalue weighted by Gasteiger charge is 2.20. The Hall–Kier alpha value is -1.63. The molecule has 0 radical (unpaired) electrons. The van der Waals surface area contributed by atoms with Crippen LogP contribution in [0.15, 0.2) is 22.9 Å². The smallest absolute Gasteiger partial charge is 0.176 e. The van der Waals surface area contributed by atoms with E-state index in [9.17, 15) is 13.6 Å². The zero-order valence-corrected chi connectivity index (χ0v) is 12.3. The minimum absolute atomic E-state index is 0.185. The van der Waals surface area contributed by atoms with Gasteiger partial charge in [0.2, 0.25) is 0 Å². The van der Waals surface area contributed by atoms with Gasteiger partial charge in [0.05, 0.1) is 12.0 Å². The third-order valence-corrected chi connectivity index (χ3v) is 3.19. The molecule has 0 unspecified atom stereocenters. The zero-order valence-electron chi connectivity index (χ0n) is 10.7. The van der Waals surface area contributed by atoms with Crippen LogP contribution in [0.25, 0.3) is 0 Å². The average molecular weight is 344 g/mol. The van der Waals surface area contributed by atoms with E-state index in [-0.39, 0.29) is 10.9 Å². The summed E-state index contributed by atoms with van der Waals surface area (Å²) in [7, 11) is 0. The monoisotopic (exact) mass is 343 g/mol. The maximum Gasteiger partial charge on any atom is 0.176 e. The largest absolute Gasteiger partial charge is 0.293 e. The fourth-order valence-electron chi connectivity index (χ4n) is 1.86. The van der Waals surface area contributed by atoms with Crippen LogP contribution >= 0.6 is 15.9 Å². The van der Waals surface area contributed by atoms with E-state index in [2.05, 4.69) is 26.0 Å².